The highest BCUT2D eigenvalue weighted by Gasteiger charge is 2.27. The predicted molar refractivity (Wildman–Crippen MR) is 248 cm³/mol. The Balaban J connectivity index is 1.13. The van der Waals surface area contributed by atoms with Crippen LogP contribution in [0.3, 0.4) is 0 Å². The smallest absolute Gasteiger partial charge is 0.131 e. The second-order valence-corrected chi connectivity index (χ2v) is 15.0. The van der Waals surface area contributed by atoms with Crippen LogP contribution in [0.15, 0.2) is 236 Å². The van der Waals surface area contributed by atoms with Crippen molar-refractivity contribution in [2.24, 2.45) is 4.99 Å². The molecule has 0 amide bonds. The first kappa shape index (κ1) is 36.7. The van der Waals surface area contributed by atoms with Crippen molar-refractivity contribution in [3.63, 3.8) is 0 Å². The number of benzene rings is 8. The summed E-state index contributed by atoms with van der Waals surface area (Å²) in [6, 6.07) is 81.3. The van der Waals surface area contributed by atoms with E-state index in [9.17, 15) is 0 Å². The lowest BCUT2D eigenvalue weighted by molar-refractivity contribution is 0.409. The van der Waals surface area contributed by atoms with Crippen molar-refractivity contribution in [2.45, 2.75) is 12.3 Å². The minimum atomic E-state index is -0.191. The number of hydrogen-bond acceptors (Lipinski definition) is 4. The Morgan fingerprint density at radius 1 is 0.317 bits per heavy atom. The molecule has 9 aromatic rings. The molecule has 1 aliphatic rings. The molecule has 1 aromatic heterocycles. The van der Waals surface area contributed by atoms with Gasteiger partial charge in [-0.3, -0.25) is 5.32 Å². The number of pyridine rings is 1. The van der Waals surface area contributed by atoms with Gasteiger partial charge >= 0.3 is 0 Å². The number of aromatic nitrogens is 1. The monoisotopic (exact) mass is 770 g/mol. The van der Waals surface area contributed by atoms with E-state index in [0.29, 0.717) is 0 Å². The van der Waals surface area contributed by atoms with Crippen molar-refractivity contribution in [1.29, 1.82) is 0 Å². The molecule has 0 spiro atoms. The molecule has 2 unspecified atom stereocenters. The maximum Gasteiger partial charge on any atom is 0.131 e. The fourth-order valence-corrected chi connectivity index (χ4v) is 8.26. The number of nitrogens with zero attached hydrogens (tertiary/aromatic N) is 2. The first-order valence-electron chi connectivity index (χ1n) is 20.5. The molecule has 60 heavy (non-hydrogen) atoms. The van der Waals surface area contributed by atoms with E-state index in [1.165, 1.54) is 0 Å². The third-order valence-corrected chi connectivity index (χ3v) is 11.2. The van der Waals surface area contributed by atoms with Crippen LogP contribution in [0.2, 0.25) is 0 Å². The lowest BCUT2D eigenvalue weighted by Gasteiger charge is -2.32. The summed E-state index contributed by atoms with van der Waals surface area (Å²) in [5, 5.41) is 7.39. The SMILES string of the molecule is c1ccc(-c2nc(-c3ccccc3)c(-c3ccccc3)c(-c3cccc(-c4ccc(C5=NC(c6ccccc6)NC(c6ccccc6)N5)cc4)c3)c2-c2ccccc2)cc1. The second kappa shape index (κ2) is 16.7. The molecule has 0 saturated heterocycles. The summed E-state index contributed by atoms with van der Waals surface area (Å²) in [5.74, 6) is 0.857. The number of nitrogens with one attached hydrogen (secondary N) is 2. The number of aliphatic imine (C=N–C) groups is 1. The van der Waals surface area contributed by atoms with Gasteiger partial charge in [0.2, 0.25) is 0 Å². The molecular formula is C56H42N4. The van der Waals surface area contributed by atoms with E-state index in [0.717, 1.165) is 89.5 Å². The summed E-state index contributed by atoms with van der Waals surface area (Å²) >= 11 is 0. The topological polar surface area (TPSA) is 49.3 Å². The number of rotatable bonds is 9. The van der Waals surface area contributed by atoms with Gasteiger partial charge in [0, 0.05) is 33.4 Å². The quantitative estimate of drug-likeness (QED) is 0.154. The Morgan fingerprint density at radius 3 is 1.25 bits per heavy atom. The highest BCUT2D eigenvalue weighted by atomic mass is 15.3. The Bertz CT molecular complexity index is 2780. The fraction of sp³-hybridized carbons (Fsp3) is 0.0357. The van der Waals surface area contributed by atoms with E-state index in [1.807, 2.05) is 12.1 Å². The molecule has 1 aliphatic heterocycles. The summed E-state index contributed by atoms with van der Waals surface area (Å²) in [7, 11) is 0. The minimum Gasteiger partial charge on any atom is -0.350 e. The van der Waals surface area contributed by atoms with Gasteiger partial charge in [0.15, 0.2) is 0 Å². The molecule has 0 saturated carbocycles. The first-order valence-corrected chi connectivity index (χ1v) is 20.5. The van der Waals surface area contributed by atoms with Gasteiger partial charge in [-0.2, -0.15) is 0 Å². The molecule has 0 bridgehead atoms. The van der Waals surface area contributed by atoms with Gasteiger partial charge in [0.1, 0.15) is 18.2 Å². The molecule has 0 aliphatic carbocycles. The minimum absolute atomic E-state index is 0.0974. The standard InChI is InChI=1S/C56H42N4/c1-7-20-40(21-8-1)50-49(51(41-22-9-2-10-23-41)53(43-26-13-4-14-27-43)57-52(50)42-24-11-3-12-25-42)48-33-19-32-47(38-48)39-34-36-46(37-35-39)56-59-54(44-28-15-5-16-29-44)58-55(60-56)45-30-17-6-18-31-45/h1-38,54-55,58H,(H,59,60). The van der Waals surface area contributed by atoms with E-state index < -0.39 is 0 Å². The van der Waals surface area contributed by atoms with Gasteiger partial charge in [0.25, 0.3) is 0 Å². The van der Waals surface area contributed by atoms with Gasteiger partial charge in [-0.25, -0.2) is 9.98 Å². The Morgan fingerprint density at radius 2 is 0.733 bits per heavy atom. The number of hydrogen-bond donors (Lipinski definition) is 2. The largest absolute Gasteiger partial charge is 0.350 e. The predicted octanol–water partition coefficient (Wildman–Crippen LogP) is 13.4. The molecule has 0 fully saturated rings. The highest BCUT2D eigenvalue weighted by Crippen LogP contribution is 2.49. The van der Waals surface area contributed by atoms with Crippen molar-refractivity contribution in [2.75, 3.05) is 0 Å². The summed E-state index contributed by atoms with van der Waals surface area (Å²) in [6.07, 6.45) is -0.289. The maximum atomic E-state index is 5.61. The van der Waals surface area contributed by atoms with E-state index in [1.54, 1.807) is 0 Å². The molecule has 2 atom stereocenters. The van der Waals surface area contributed by atoms with Crippen molar-refractivity contribution < 1.29 is 0 Å². The highest BCUT2D eigenvalue weighted by molar-refractivity contribution is 6.05. The third-order valence-electron chi connectivity index (χ3n) is 11.2. The van der Waals surface area contributed by atoms with E-state index >= 15 is 0 Å². The molecule has 2 N–H and O–H groups in total. The molecule has 4 heteroatoms. The van der Waals surface area contributed by atoms with Gasteiger partial charge < -0.3 is 5.32 Å². The third kappa shape index (κ3) is 7.44. The van der Waals surface area contributed by atoms with E-state index in [2.05, 4.69) is 229 Å². The zero-order chi connectivity index (χ0) is 40.1. The molecule has 0 radical (unpaired) electrons. The maximum absolute atomic E-state index is 5.61. The Hall–Kier alpha value is -7.66. The molecule has 2 heterocycles. The molecule has 286 valence electrons. The summed E-state index contributed by atoms with van der Waals surface area (Å²) < 4.78 is 0. The van der Waals surface area contributed by atoms with Crippen LogP contribution in [0.5, 0.6) is 0 Å². The van der Waals surface area contributed by atoms with Crippen molar-refractivity contribution in [1.82, 2.24) is 15.6 Å². The van der Waals surface area contributed by atoms with Crippen LogP contribution in [0.1, 0.15) is 29.0 Å². The molecule has 8 aromatic carbocycles. The van der Waals surface area contributed by atoms with Crippen LogP contribution in [0, 0.1) is 0 Å². The average molecular weight is 771 g/mol. The van der Waals surface area contributed by atoms with Crippen LogP contribution < -0.4 is 10.6 Å². The van der Waals surface area contributed by atoms with Gasteiger partial charge in [-0.05, 0) is 45.0 Å². The van der Waals surface area contributed by atoms with Crippen LogP contribution in [-0.2, 0) is 0 Å². The molecule has 4 nitrogen and oxygen atoms in total. The van der Waals surface area contributed by atoms with Gasteiger partial charge in [0.05, 0.1) is 11.4 Å². The Kier molecular flexibility index (Phi) is 10.2. The van der Waals surface area contributed by atoms with E-state index in [4.69, 9.17) is 9.98 Å². The Labute approximate surface area is 351 Å². The fourth-order valence-electron chi connectivity index (χ4n) is 8.26. The molecular weight excluding hydrogens is 729 g/mol. The lowest BCUT2D eigenvalue weighted by atomic mass is 9.82. The normalized spacial score (nSPS) is 14.8. The lowest BCUT2D eigenvalue weighted by Crippen LogP contribution is -2.44. The zero-order valence-electron chi connectivity index (χ0n) is 33.0. The summed E-state index contributed by atoms with van der Waals surface area (Å²) in [5.41, 5.74) is 16.3. The molecule has 10 rings (SSSR count). The first-order chi connectivity index (χ1) is 29.8. The van der Waals surface area contributed by atoms with Crippen LogP contribution in [0.4, 0.5) is 0 Å². The zero-order valence-corrected chi connectivity index (χ0v) is 33.0. The van der Waals surface area contributed by atoms with Crippen molar-refractivity contribution >= 4 is 5.84 Å². The summed E-state index contributed by atoms with van der Waals surface area (Å²) in [6.45, 7) is 0. The van der Waals surface area contributed by atoms with Crippen LogP contribution in [0.25, 0.3) is 67.0 Å². The average Bonchev–Trinajstić information content (AvgIpc) is 3.35. The number of amidine groups is 1. The van der Waals surface area contributed by atoms with Crippen molar-refractivity contribution in [3.8, 4) is 67.0 Å². The van der Waals surface area contributed by atoms with Crippen LogP contribution >= 0.6 is 0 Å². The van der Waals surface area contributed by atoms with Crippen LogP contribution in [-0.4, -0.2) is 10.8 Å². The van der Waals surface area contributed by atoms with E-state index in [-0.39, 0.29) is 12.3 Å². The van der Waals surface area contributed by atoms with Crippen molar-refractivity contribution in [3.05, 3.63) is 247 Å². The van der Waals surface area contributed by atoms with Gasteiger partial charge in [-0.15, -0.1) is 0 Å². The summed E-state index contributed by atoms with van der Waals surface area (Å²) in [4.78, 5) is 10.8. The van der Waals surface area contributed by atoms with Gasteiger partial charge in [-0.1, -0.05) is 224 Å². The second-order valence-electron chi connectivity index (χ2n) is 15.0.